The molecule has 3 unspecified atom stereocenters. The number of ketones is 2. The lowest BCUT2D eigenvalue weighted by atomic mass is 9.87. The van der Waals surface area contributed by atoms with Crippen molar-refractivity contribution >= 4 is 17.5 Å². The first-order valence-corrected chi connectivity index (χ1v) is 15.3. The number of hydrogen-bond donors (Lipinski definition) is 2. The summed E-state index contributed by atoms with van der Waals surface area (Å²) < 4.78 is 47.3. The van der Waals surface area contributed by atoms with E-state index in [2.05, 4.69) is 10.6 Å². The van der Waals surface area contributed by atoms with E-state index in [1.165, 1.54) is 6.08 Å². The topological polar surface area (TPSA) is 84.5 Å². The van der Waals surface area contributed by atoms with Crippen LogP contribution < -0.4 is 10.6 Å². The fourth-order valence-corrected chi connectivity index (χ4v) is 6.78. The van der Waals surface area contributed by atoms with Gasteiger partial charge in [0.05, 0.1) is 23.8 Å². The molecule has 0 aromatic heterocycles. The third-order valence-electron chi connectivity index (χ3n) is 9.20. The number of nitrogens with one attached hydrogen (secondary N) is 2. The quantitative estimate of drug-likeness (QED) is 0.241. The molecule has 5 aliphatic rings. The first kappa shape index (κ1) is 30.4. The van der Waals surface area contributed by atoms with E-state index in [1.807, 2.05) is 19.1 Å². The maximum absolute atomic E-state index is 14.0. The highest BCUT2D eigenvalue weighted by Crippen LogP contribution is 2.61. The minimum atomic E-state index is -4.56. The summed E-state index contributed by atoms with van der Waals surface area (Å²) >= 11 is 0. The summed E-state index contributed by atoms with van der Waals surface area (Å²) in [6.45, 7) is 5.80. The van der Waals surface area contributed by atoms with Crippen LogP contribution in [0.3, 0.4) is 0 Å². The molecule has 0 amide bonds. The van der Waals surface area contributed by atoms with E-state index in [4.69, 9.17) is 4.74 Å². The number of esters is 1. The number of carbonyl (C=O) groups is 3. The third-order valence-corrected chi connectivity index (χ3v) is 9.20. The molecule has 42 heavy (non-hydrogen) atoms. The van der Waals surface area contributed by atoms with Crippen LogP contribution in [0.2, 0.25) is 0 Å². The van der Waals surface area contributed by atoms with Gasteiger partial charge in [-0.25, -0.2) is 0 Å². The van der Waals surface area contributed by atoms with Crippen LogP contribution in [-0.4, -0.2) is 36.5 Å². The number of alkyl halides is 3. The van der Waals surface area contributed by atoms with Gasteiger partial charge in [0.1, 0.15) is 6.17 Å². The lowest BCUT2D eigenvalue weighted by Crippen LogP contribution is -2.48. The van der Waals surface area contributed by atoms with Gasteiger partial charge in [0.2, 0.25) is 5.78 Å². The van der Waals surface area contributed by atoms with Crippen molar-refractivity contribution < 1.29 is 32.3 Å². The molecule has 5 rings (SSSR count). The lowest BCUT2D eigenvalue weighted by Gasteiger charge is -2.30. The van der Waals surface area contributed by atoms with E-state index < -0.39 is 17.9 Å². The number of allylic oxidation sites excluding steroid dienone is 7. The van der Waals surface area contributed by atoms with Crippen LogP contribution in [0.4, 0.5) is 13.2 Å². The van der Waals surface area contributed by atoms with Gasteiger partial charge in [-0.05, 0) is 117 Å². The van der Waals surface area contributed by atoms with Gasteiger partial charge in [-0.3, -0.25) is 14.4 Å². The van der Waals surface area contributed by atoms with Crippen molar-refractivity contribution in [3.63, 3.8) is 0 Å². The molecule has 0 spiro atoms. The second-order valence-corrected chi connectivity index (χ2v) is 12.5. The van der Waals surface area contributed by atoms with E-state index in [0.717, 1.165) is 37.7 Å². The fraction of sp³-hybridized carbons (Fsp3) is 0.606. The molecular weight excluding hydrogens is 545 g/mol. The number of halogens is 3. The number of rotatable bonds is 9. The van der Waals surface area contributed by atoms with Crippen molar-refractivity contribution in [2.75, 3.05) is 6.61 Å². The second kappa shape index (κ2) is 12.3. The van der Waals surface area contributed by atoms with Crippen LogP contribution in [0, 0.1) is 29.6 Å². The van der Waals surface area contributed by atoms with Crippen molar-refractivity contribution in [2.45, 2.75) is 90.9 Å². The molecule has 0 aromatic rings. The Kier molecular flexibility index (Phi) is 8.86. The molecule has 1 aliphatic heterocycles. The zero-order chi connectivity index (χ0) is 30.2. The molecule has 228 valence electrons. The molecule has 1 heterocycles. The number of carbonyl (C=O) groups excluding carboxylic acids is 3. The van der Waals surface area contributed by atoms with Crippen LogP contribution in [0.25, 0.3) is 0 Å². The molecule has 0 aromatic carbocycles. The van der Waals surface area contributed by atoms with Crippen molar-refractivity contribution in [3.8, 4) is 0 Å². The van der Waals surface area contributed by atoms with Crippen molar-refractivity contribution in [1.82, 2.24) is 10.6 Å². The standard InChI is InChI=1S/C33H41F3N2O4/c1-4-13-42-32(41)28-24-14-21(15-25(24)28)23-8-6-5-7-20(11-12-27(23)39)30(40)29(18(2)3)38-31-26(33(34,35)36)16-22(17-37-31)19-9-10-19/h7-8,16-17,19,21,24-25,28,31,37-38H,4-6,9-15H2,1-3H3/b20-7-,23-8-. The second-order valence-electron chi connectivity index (χ2n) is 12.5. The molecule has 9 heteroatoms. The number of Topliss-reactive ketones (excluding diaryl/α,β-unsaturated/α-hetero) is 2. The summed E-state index contributed by atoms with van der Waals surface area (Å²) in [5.41, 5.74) is 1.82. The first-order valence-electron chi connectivity index (χ1n) is 15.3. The Balaban J connectivity index is 1.21. The van der Waals surface area contributed by atoms with Gasteiger partial charge in [-0.2, -0.15) is 13.2 Å². The Hall–Kier alpha value is -3.10. The van der Waals surface area contributed by atoms with E-state index in [-0.39, 0.29) is 65.7 Å². The van der Waals surface area contributed by atoms with E-state index in [1.54, 1.807) is 20.0 Å². The Morgan fingerprint density at radius 3 is 2.36 bits per heavy atom. The van der Waals surface area contributed by atoms with Crippen molar-refractivity contribution in [3.05, 3.63) is 58.0 Å². The Labute approximate surface area is 245 Å². The number of hydrogen-bond acceptors (Lipinski definition) is 6. The van der Waals surface area contributed by atoms with Crippen LogP contribution in [0.5, 0.6) is 0 Å². The van der Waals surface area contributed by atoms with Gasteiger partial charge >= 0.3 is 12.1 Å². The highest BCUT2D eigenvalue weighted by Gasteiger charge is 2.61. The molecule has 3 fully saturated rings. The van der Waals surface area contributed by atoms with Gasteiger partial charge in [0, 0.05) is 12.6 Å². The van der Waals surface area contributed by atoms with Gasteiger partial charge in [0.15, 0.2) is 5.78 Å². The summed E-state index contributed by atoms with van der Waals surface area (Å²) in [6, 6.07) is 0. The molecule has 0 bridgehead atoms. The molecule has 6 nitrogen and oxygen atoms in total. The van der Waals surface area contributed by atoms with Crippen LogP contribution in [-0.2, 0) is 19.1 Å². The van der Waals surface area contributed by atoms with Gasteiger partial charge in [-0.1, -0.05) is 19.1 Å². The third kappa shape index (κ3) is 6.60. The zero-order valence-electron chi connectivity index (χ0n) is 24.6. The van der Waals surface area contributed by atoms with E-state index in [0.29, 0.717) is 36.2 Å². The molecular formula is C33H41F3N2O4. The lowest BCUT2D eigenvalue weighted by molar-refractivity contribution is -0.146. The average molecular weight is 587 g/mol. The summed E-state index contributed by atoms with van der Waals surface area (Å²) in [5, 5.41) is 5.69. The van der Waals surface area contributed by atoms with Gasteiger partial charge in [-0.15, -0.1) is 0 Å². The molecule has 2 N–H and O–H groups in total. The van der Waals surface area contributed by atoms with E-state index >= 15 is 0 Å². The number of fused-ring (bicyclic) bond motifs is 1. The van der Waals surface area contributed by atoms with Crippen molar-refractivity contribution in [1.29, 1.82) is 0 Å². The van der Waals surface area contributed by atoms with E-state index in [9.17, 15) is 27.6 Å². The molecule has 0 saturated heterocycles. The summed E-state index contributed by atoms with van der Waals surface area (Å²) in [5.74, 6) is 0.310. The Bertz CT molecular complexity index is 1270. The van der Waals surface area contributed by atoms with Gasteiger partial charge < -0.3 is 15.4 Å². The maximum Gasteiger partial charge on any atom is 0.416 e. The molecule has 0 radical (unpaired) electrons. The van der Waals surface area contributed by atoms with Crippen LogP contribution in [0.1, 0.15) is 78.6 Å². The Morgan fingerprint density at radius 2 is 1.74 bits per heavy atom. The van der Waals surface area contributed by atoms with Crippen LogP contribution >= 0.6 is 0 Å². The minimum Gasteiger partial charge on any atom is -0.465 e. The normalized spacial score (nSPS) is 31.8. The monoisotopic (exact) mass is 586 g/mol. The average Bonchev–Trinajstić information content (AvgIpc) is 3.86. The van der Waals surface area contributed by atoms with Crippen molar-refractivity contribution in [2.24, 2.45) is 29.6 Å². The molecule has 3 atom stereocenters. The van der Waals surface area contributed by atoms with Gasteiger partial charge in [0.25, 0.3) is 0 Å². The fourth-order valence-electron chi connectivity index (χ4n) is 6.78. The largest absolute Gasteiger partial charge is 0.465 e. The summed E-state index contributed by atoms with van der Waals surface area (Å²) in [4.78, 5) is 39.3. The SMILES string of the molecule is CCCOC(=O)C1C2CC(/C3=C/CC/C=C(\C(=O)C(NC4NC=C(C5CC5)C=C4C(F)(F)F)=C(C)C)CCC3=O)CC21. The number of ether oxygens (including phenoxy) is 1. The highest BCUT2D eigenvalue weighted by molar-refractivity contribution is 6.09. The predicted octanol–water partition coefficient (Wildman–Crippen LogP) is 6.37. The minimum absolute atomic E-state index is 0.00713. The predicted molar refractivity (Wildman–Crippen MR) is 152 cm³/mol. The number of dihydropyridines is 1. The molecule has 3 saturated carbocycles. The summed E-state index contributed by atoms with van der Waals surface area (Å²) in [6.07, 6.45) is 6.50. The molecule has 4 aliphatic carbocycles. The smallest absolute Gasteiger partial charge is 0.416 e. The first-order chi connectivity index (χ1) is 20.0. The Morgan fingerprint density at radius 1 is 1.05 bits per heavy atom. The van der Waals surface area contributed by atoms with Crippen LogP contribution in [0.15, 0.2) is 58.0 Å². The summed E-state index contributed by atoms with van der Waals surface area (Å²) in [7, 11) is 0. The highest BCUT2D eigenvalue weighted by atomic mass is 19.4. The zero-order valence-corrected chi connectivity index (χ0v) is 24.6. The maximum atomic E-state index is 14.0.